The Labute approximate surface area is 132 Å². The van der Waals surface area contributed by atoms with Crippen molar-refractivity contribution in [2.24, 2.45) is 11.8 Å². The van der Waals surface area contributed by atoms with E-state index in [0.717, 1.165) is 24.8 Å². The predicted octanol–water partition coefficient (Wildman–Crippen LogP) is 4.32. The number of nitrogens with zero attached hydrogens (tertiary/aromatic N) is 3. The Balaban J connectivity index is 2.90. The van der Waals surface area contributed by atoms with Gasteiger partial charge in [0.05, 0.1) is 0 Å². The number of hydrogen-bond acceptors (Lipinski definition) is 4. The van der Waals surface area contributed by atoms with Crippen LogP contribution in [0, 0.1) is 11.8 Å². The molecule has 0 aliphatic carbocycles. The number of halogens is 1. The first-order valence-corrected chi connectivity index (χ1v) is 8.47. The molecule has 0 aromatic carbocycles. The number of H-pyrrole nitrogens is 1. The van der Waals surface area contributed by atoms with E-state index in [2.05, 4.69) is 47.1 Å². The highest BCUT2D eigenvalue weighted by atomic mass is 35.5. The van der Waals surface area contributed by atoms with Crippen LogP contribution >= 0.6 is 24.2 Å². The number of tetrazole rings is 1. The fraction of sp³-hybridized carbons (Fsp3) is 0.786. The average molecular weight is 317 g/mol. The minimum Gasteiger partial charge on any atom is -0.177 e. The van der Waals surface area contributed by atoms with Gasteiger partial charge in [0.15, 0.2) is 0 Å². The van der Waals surface area contributed by atoms with Crippen LogP contribution in [0.4, 0.5) is 0 Å². The lowest BCUT2D eigenvalue weighted by Gasteiger charge is -2.27. The highest BCUT2D eigenvalue weighted by molar-refractivity contribution is 7.83. The smallest absolute Gasteiger partial charge is 0.177 e. The van der Waals surface area contributed by atoms with Gasteiger partial charge in [-0.05, 0) is 41.7 Å². The van der Waals surface area contributed by atoms with E-state index in [1.807, 2.05) is 5.41 Å². The first-order valence-electron chi connectivity index (χ1n) is 7.42. The molecule has 0 bridgehead atoms. The van der Waals surface area contributed by atoms with Crippen molar-refractivity contribution in [2.75, 3.05) is 5.88 Å². The van der Waals surface area contributed by atoms with Gasteiger partial charge in [0.25, 0.3) is 0 Å². The summed E-state index contributed by atoms with van der Waals surface area (Å²) in [5.41, 5.74) is 1.08. The molecule has 6 heteroatoms. The normalized spacial score (nSPS) is 15.3. The molecule has 0 aliphatic rings. The Kier molecular flexibility index (Phi) is 8.94. The first kappa shape index (κ1) is 17.5. The summed E-state index contributed by atoms with van der Waals surface area (Å²) >= 11 is 10.3. The van der Waals surface area contributed by atoms with E-state index in [4.69, 9.17) is 11.6 Å². The van der Waals surface area contributed by atoms with Crippen LogP contribution in [0.15, 0.2) is 5.41 Å². The van der Waals surface area contributed by atoms with Gasteiger partial charge in [-0.15, -0.1) is 21.8 Å². The zero-order valence-electron chi connectivity index (χ0n) is 12.3. The summed E-state index contributed by atoms with van der Waals surface area (Å²) in [4.78, 5) is 0. The predicted molar refractivity (Wildman–Crippen MR) is 87.9 cm³/mol. The van der Waals surface area contributed by atoms with Crippen LogP contribution in [0.1, 0.15) is 58.2 Å². The Hall–Kier alpha value is -0.550. The number of hydrogen-bond donors (Lipinski definition) is 2. The summed E-state index contributed by atoms with van der Waals surface area (Å²) < 4.78 is 0. The summed E-state index contributed by atoms with van der Waals surface area (Å²) in [7, 11) is 0. The summed E-state index contributed by atoms with van der Waals surface area (Å²) in [6.45, 7) is 4.48. The molecule has 2 unspecified atom stereocenters. The SMILES string of the molecule is CCCCC(CC)C(CCCCl)/C(=C/S)c1nn[nH]n1. The van der Waals surface area contributed by atoms with Gasteiger partial charge in [-0.3, -0.25) is 0 Å². The lowest BCUT2D eigenvalue weighted by atomic mass is 9.78. The Morgan fingerprint density at radius 1 is 1.35 bits per heavy atom. The quantitative estimate of drug-likeness (QED) is 0.499. The van der Waals surface area contributed by atoms with Crippen molar-refractivity contribution in [1.82, 2.24) is 20.6 Å². The van der Waals surface area contributed by atoms with E-state index in [1.54, 1.807) is 0 Å². The van der Waals surface area contributed by atoms with Crippen molar-refractivity contribution in [1.29, 1.82) is 0 Å². The molecule has 0 saturated heterocycles. The molecule has 0 saturated carbocycles. The van der Waals surface area contributed by atoms with Gasteiger partial charge < -0.3 is 0 Å². The third kappa shape index (κ3) is 5.09. The average Bonchev–Trinajstić information content (AvgIpc) is 2.99. The molecule has 0 aliphatic heterocycles. The summed E-state index contributed by atoms with van der Waals surface area (Å²) in [6.07, 6.45) is 6.89. The largest absolute Gasteiger partial charge is 0.201 e. The summed E-state index contributed by atoms with van der Waals surface area (Å²) in [5.74, 6) is 2.37. The molecule has 1 N–H and O–H groups in total. The topological polar surface area (TPSA) is 54.5 Å². The maximum atomic E-state index is 5.88. The van der Waals surface area contributed by atoms with E-state index < -0.39 is 0 Å². The van der Waals surface area contributed by atoms with Crippen LogP contribution in [-0.2, 0) is 0 Å². The zero-order valence-corrected chi connectivity index (χ0v) is 14.0. The second kappa shape index (κ2) is 10.2. The van der Waals surface area contributed by atoms with Crippen molar-refractivity contribution in [3.05, 3.63) is 11.2 Å². The number of alkyl halides is 1. The zero-order chi connectivity index (χ0) is 14.8. The molecule has 4 nitrogen and oxygen atoms in total. The molecule has 20 heavy (non-hydrogen) atoms. The highest BCUT2D eigenvalue weighted by Gasteiger charge is 2.26. The number of unbranched alkanes of at least 4 members (excludes halogenated alkanes) is 1. The molecule has 1 aromatic rings. The molecule has 2 atom stereocenters. The third-order valence-electron chi connectivity index (χ3n) is 3.81. The lowest BCUT2D eigenvalue weighted by Crippen LogP contribution is -2.17. The Morgan fingerprint density at radius 2 is 2.15 bits per heavy atom. The van der Waals surface area contributed by atoms with Gasteiger partial charge in [0.2, 0.25) is 5.82 Å². The summed E-state index contributed by atoms with van der Waals surface area (Å²) in [5, 5.41) is 16.3. The van der Waals surface area contributed by atoms with E-state index in [-0.39, 0.29) is 0 Å². The van der Waals surface area contributed by atoms with Gasteiger partial charge in [0, 0.05) is 11.5 Å². The minimum atomic E-state index is 0.403. The van der Waals surface area contributed by atoms with Gasteiger partial charge in [-0.2, -0.15) is 17.8 Å². The molecule has 1 heterocycles. The van der Waals surface area contributed by atoms with E-state index in [1.165, 1.54) is 19.3 Å². The number of allylic oxidation sites excluding steroid dienone is 1. The second-order valence-electron chi connectivity index (χ2n) is 5.07. The summed E-state index contributed by atoms with van der Waals surface area (Å²) in [6, 6.07) is 0. The molecule has 0 fully saturated rings. The van der Waals surface area contributed by atoms with E-state index >= 15 is 0 Å². The van der Waals surface area contributed by atoms with Gasteiger partial charge in [0.1, 0.15) is 0 Å². The van der Waals surface area contributed by atoms with Crippen LogP contribution in [0.5, 0.6) is 0 Å². The molecule has 0 radical (unpaired) electrons. The first-order chi connectivity index (χ1) is 9.78. The Morgan fingerprint density at radius 3 is 2.65 bits per heavy atom. The van der Waals surface area contributed by atoms with Crippen LogP contribution in [0.25, 0.3) is 5.57 Å². The van der Waals surface area contributed by atoms with Crippen LogP contribution in [0.3, 0.4) is 0 Å². The van der Waals surface area contributed by atoms with Gasteiger partial charge in [-0.1, -0.05) is 33.1 Å². The Bertz CT molecular complexity index is 381. The number of thiol groups is 1. The maximum Gasteiger partial charge on any atom is 0.201 e. The van der Waals surface area contributed by atoms with E-state index in [0.29, 0.717) is 23.5 Å². The van der Waals surface area contributed by atoms with Gasteiger partial charge >= 0.3 is 0 Å². The van der Waals surface area contributed by atoms with Crippen molar-refractivity contribution in [2.45, 2.75) is 52.4 Å². The molecular weight excluding hydrogens is 292 g/mol. The van der Waals surface area contributed by atoms with Crippen molar-refractivity contribution in [3.8, 4) is 0 Å². The minimum absolute atomic E-state index is 0.403. The van der Waals surface area contributed by atoms with Crippen molar-refractivity contribution in [3.63, 3.8) is 0 Å². The molecular formula is C14H25ClN4S. The fourth-order valence-corrected chi connectivity index (χ4v) is 3.16. The van der Waals surface area contributed by atoms with Crippen molar-refractivity contribution < 1.29 is 0 Å². The highest BCUT2D eigenvalue weighted by Crippen LogP contribution is 2.36. The number of aromatic nitrogens is 4. The molecule has 0 amide bonds. The lowest BCUT2D eigenvalue weighted by molar-refractivity contribution is 0.339. The molecule has 1 rings (SSSR count). The van der Waals surface area contributed by atoms with E-state index in [9.17, 15) is 0 Å². The number of aromatic amines is 1. The number of rotatable bonds is 10. The molecule has 0 spiro atoms. The second-order valence-corrected chi connectivity index (χ2v) is 5.70. The molecule has 1 aromatic heterocycles. The maximum absolute atomic E-state index is 5.88. The van der Waals surface area contributed by atoms with Gasteiger partial charge in [-0.25, -0.2) is 0 Å². The number of nitrogens with one attached hydrogen (secondary N) is 1. The fourth-order valence-electron chi connectivity index (χ4n) is 2.70. The third-order valence-corrected chi connectivity index (χ3v) is 4.36. The van der Waals surface area contributed by atoms with Crippen molar-refractivity contribution >= 4 is 29.8 Å². The van der Waals surface area contributed by atoms with Crippen LogP contribution in [0.2, 0.25) is 0 Å². The van der Waals surface area contributed by atoms with Crippen LogP contribution < -0.4 is 0 Å². The van der Waals surface area contributed by atoms with Crippen LogP contribution in [-0.4, -0.2) is 26.5 Å². The standard InChI is InChI=1S/C14H25ClN4S/c1-3-5-7-11(4-2)12(8-6-9-15)13(10-20)14-16-18-19-17-14/h10-12,20H,3-9H2,1-2H3,(H,16,17,18,19)/b13-10-. The monoisotopic (exact) mass is 316 g/mol. The molecule has 114 valence electrons.